The van der Waals surface area contributed by atoms with Gasteiger partial charge < -0.3 is 25.4 Å². The van der Waals surface area contributed by atoms with Crippen LogP contribution in [-0.4, -0.2) is 26.2 Å². The molecular formula is C20H20ClN3O4. The van der Waals surface area contributed by atoms with Crippen molar-refractivity contribution < 1.29 is 19.1 Å². The molecule has 2 aromatic rings. The molecule has 28 heavy (non-hydrogen) atoms. The Morgan fingerprint density at radius 2 is 1.89 bits per heavy atom. The maximum atomic E-state index is 13.1. The lowest BCUT2D eigenvalue weighted by Gasteiger charge is -2.29. The van der Waals surface area contributed by atoms with E-state index in [4.69, 9.17) is 21.1 Å². The zero-order chi connectivity index (χ0) is 20.3. The van der Waals surface area contributed by atoms with E-state index in [1.165, 1.54) is 7.11 Å². The van der Waals surface area contributed by atoms with E-state index in [0.717, 1.165) is 0 Å². The number of hydrogen-bond acceptors (Lipinski definition) is 4. The molecule has 3 N–H and O–H groups in total. The number of anilines is 1. The number of hydrogen-bond donors (Lipinski definition) is 3. The fraction of sp³-hybridized carbons (Fsp3) is 0.200. The molecule has 3 rings (SSSR count). The van der Waals surface area contributed by atoms with E-state index in [9.17, 15) is 9.59 Å². The second-order valence-electron chi connectivity index (χ2n) is 6.11. The van der Waals surface area contributed by atoms with Crippen LogP contribution < -0.4 is 25.4 Å². The van der Waals surface area contributed by atoms with Gasteiger partial charge in [-0.15, -0.1) is 0 Å². The number of allylic oxidation sites excluding steroid dienone is 1. The number of nitrogens with one attached hydrogen (secondary N) is 3. The number of ether oxygens (including phenoxy) is 2. The molecule has 0 unspecified atom stereocenters. The molecule has 0 spiro atoms. The molecule has 0 bridgehead atoms. The molecule has 0 fully saturated rings. The molecule has 0 saturated heterocycles. The Morgan fingerprint density at radius 1 is 1.14 bits per heavy atom. The van der Waals surface area contributed by atoms with E-state index in [1.54, 1.807) is 56.5 Å². The lowest BCUT2D eigenvalue weighted by atomic mass is 9.94. The van der Waals surface area contributed by atoms with Gasteiger partial charge in [0.1, 0.15) is 11.5 Å². The third kappa shape index (κ3) is 3.89. The van der Waals surface area contributed by atoms with Crippen LogP contribution in [0.2, 0.25) is 5.02 Å². The molecule has 3 amide bonds. The topological polar surface area (TPSA) is 88.7 Å². The second-order valence-corrected chi connectivity index (χ2v) is 6.52. The Labute approximate surface area is 167 Å². The predicted octanol–water partition coefficient (Wildman–Crippen LogP) is 3.62. The Balaban J connectivity index is 2.02. The highest BCUT2D eigenvalue weighted by Gasteiger charge is 2.33. The van der Waals surface area contributed by atoms with Crippen molar-refractivity contribution in [2.75, 3.05) is 19.5 Å². The Kier molecular flexibility index (Phi) is 5.75. The predicted molar refractivity (Wildman–Crippen MR) is 107 cm³/mol. The number of benzene rings is 2. The number of carbonyl (C=O) groups excluding carboxylic acids is 2. The average molecular weight is 402 g/mol. The van der Waals surface area contributed by atoms with Crippen LogP contribution in [0.25, 0.3) is 0 Å². The van der Waals surface area contributed by atoms with Gasteiger partial charge >= 0.3 is 6.03 Å². The summed E-state index contributed by atoms with van der Waals surface area (Å²) in [6.45, 7) is 1.67. The van der Waals surface area contributed by atoms with Crippen LogP contribution in [0.5, 0.6) is 11.5 Å². The molecule has 8 heteroatoms. The summed E-state index contributed by atoms with van der Waals surface area (Å²) >= 11 is 6.15. The van der Waals surface area contributed by atoms with Crippen molar-refractivity contribution >= 4 is 29.2 Å². The van der Waals surface area contributed by atoms with Gasteiger partial charge in [-0.2, -0.15) is 0 Å². The lowest BCUT2D eigenvalue weighted by Crippen LogP contribution is -2.46. The fourth-order valence-electron chi connectivity index (χ4n) is 3.04. The van der Waals surface area contributed by atoms with Crippen molar-refractivity contribution in [3.63, 3.8) is 0 Å². The van der Waals surface area contributed by atoms with E-state index in [0.29, 0.717) is 39.0 Å². The van der Waals surface area contributed by atoms with Gasteiger partial charge in [-0.3, -0.25) is 4.79 Å². The van der Waals surface area contributed by atoms with Crippen molar-refractivity contribution in [2.45, 2.75) is 13.0 Å². The minimum Gasteiger partial charge on any atom is -0.497 e. The van der Waals surface area contributed by atoms with Gasteiger partial charge in [0.2, 0.25) is 0 Å². The molecule has 146 valence electrons. The van der Waals surface area contributed by atoms with E-state index in [1.807, 2.05) is 0 Å². The van der Waals surface area contributed by atoms with Gasteiger partial charge in [0.15, 0.2) is 0 Å². The van der Waals surface area contributed by atoms with Crippen molar-refractivity contribution in [3.8, 4) is 11.5 Å². The SMILES string of the molecule is COc1ccc([C@H]2NC(=O)NC(C)=C2C(=O)Nc2ccccc2Cl)c(OC)c1. The van der Waals surface area contributed by atoms with E-state index >= 15 is 0 Å². The smallest absolute Gasteiger partial charge is 0.319 e. The van der Waals surface area contributed by atoms with E-state index < -0.39 is 12.1 Å². The highest BCUT2D eigenvalue weighted by Crippen LogP contribution is 2.36. The zero-order valence-electron chi connectivity index (χ0n) is 15.6. The summed E-state index contributed by atoms with van der Waals surface area (Å²) in [5.74, 6) is 0.701. The summed E-state index contributed by atoms with van der Waals surface area (Å²) in [6, 6.07) is 11.0. The van der Waals surface area contributed by atoms with Crippen LogP contribution in [0.15, 0.2) is 53.7 Å². The molecule has 0 radical (unpaired) electrons. The number of rotatable bonds is 5. The van der Waals surface area contributed by atoms with Gasteiger partial charge in [-0.25, -0.2) is 4.79 Å². The zero-order valence-corrected chi connectivity index (χ0v) is 16.4. The van der Waals surface area contributed by atoms with Crippen molar-refractivity contribution in [1.82, 2.24) is 10.6 Å². The quantitative estimate of drug-likeness (QED) is 0.713. The summed E-state index contributed by atoms with van der Waals surface area (Å²) in [5.41, 5.74) is 1.90. The third-order valence-electron chi connectivity index (χ3n) is 4.39. The fourth-order valence-corrected chi connectivity index (χ4v) is 3.22. The molecule has 1 aliphatic heterocycles. The minimum atomic E-state index is -0.711. The van der Waals surface area contributed by atoms with Crippen LogP contribution >= 0.6 is 11.6 Å². The van der Waals surface area contributed by atoms with Crippen molar-refractivity contribution in [1.29, 1.82) is 0 Å². The summed E-state index contributed by atoms with van der Waals surface area (Å²) in [7, 11) is 3.06. The molecule has 0 aromatic heterocycles. The highest BCUT2D eigenvalue weighted by molar-refractivity contribution is 6.33. The Bertz CT molecular complexity index is 958. The van der Waals surface area contributed by atoms with Gasteiger partial charge in [0, 0.05) is 17.3 Å². The molecule has 7 nitrogen and oxygen atoms in total. The highest BCUT2D eigenvalue weighted by atomic mass is 35.5. The molecule has 2 aromatic carbocycles. The number of para-hydroxylation sites is 1. The molecule has 1 heterocycles. The third-order valence-corrected chi connectivity index (χ3v) is 4.72. The first-order valence-electron chi connectivity index (χ1n) is 8.50. The summed E-state index contributed by atoms with van der Waals surface area (Å²) in [5, 5.41) is 8.64. The molecule has 0 aliphatic carbocycles. The number of methoxy groups -OCH3 is 2. The standard InChI is InChI=1S/C20H20ClN3O4/c1-11-17(19(25)23-15-7-5-4-6-14(15)21)18(24-20(26)22-11)13-9-8-12(27-2)10-16(13)28-3/h4-10,18H,1-3H3,(H,23,25)(H2,22,24,26)/t18-/m1/s1. The van der Waals surface area contributed by atoms with E-state index in [-0.39, 0.29) is 5.91 Å². The van der Waals surface area contributed by atoms with Crippen LogP contribution in [0.3, 0.4) is 0 Å². The van der Waals surface area contributed by atoms with Gasteiger partial charge in [-0.05, 0) is 31.2 Å². The Hall–Kier alpha value is -3.19. The number of urea groups is 1. The largest absolute Gasteiger partial charge is 0.497 e. The molecule has 1 aliphatic rings. The monoisotopic (exact) mass is 401 g/mol. The molecular weight excluding hydrogens is 382 g/mol. The maximum Gasteiger partial charge on any atom is 0.319 e. The summed E-state index contributed by atoms with van der Waals surface area (Å²) in [6.07, 6.45) is 0. The van der Waals surface area contributed by atoms with Crippen LogP contribution in [0, 0.1) is 0 Å². The first kappa shape index (κ1) is 19.6. The van der Waals surface area contributed by atoms with Gasteiger partial charge in [0.05, 0.1) is 36.5 Å². The second kappa shape index (κ2) is 8.22. The first-order chi connectivity index (χ1) is 13.4. The van der Waals surface area contributed by atoms with Crippen molar-refractivity contribution in [2.24, 2.45) is 0 Å². The average Bonchev–Trinajstić information content (AvgIpc) is 2.68. The maximum absolute atomic E-state index is 13.1. The van der Waals surface area contributed by atoms with Crippen LogP contribution in [0.4, 0.5) is 10.5 Å². The lowest BCUT2D eigenvalue weighted by molar-refractivity contribution is -0.113. The minimum absolute atomic E-state index is 0.350. The Morgan fingerprint density at radius 3 is 2.57 bits per heavy atom. The number of carbonyl (C=O) groups is 2. The molecule has 1 atom stereocenters. The normalized spacial score (nSPS) is 16.1. The first-order valence-corrected chi connectivity index (χ1v) is 8.88. The van der Waals surface area contributed by atoms with Crippen molar-refractivity contribution in [3.05, 3.63) is 64.3 Å². The van der Waals surface area contributed by atoms with Crippen LogP contribution in [-0.2, 0) is 4.79 Å². The summed E-state index contributed by atoms with van der Waals surface area (Å²) in [4.78, 5) is 25.1. The molecule has 0 saturated carbocycles. The number of halogens is 1. The van der Waals surface area contributed by atoms with E-state index in [2.05, 4.69) is 16.0 Å². The van der Waals surface area contributed by atoms with Crippen LogP contribution in [0.1, 0.15) is 18.5 Å². The number of amides is 3. The van der Waals surface area contributed by atoms with Gasteiger partial charge in [-0.1, -0.05) is 23.7 Å². The van der Waals surface area contributed by atoms with Gasteiger partial charge in [0.25, 0.3) is 5.91 Å². The summed E-state index contributed by atoms with van der Waals surface area (Å²) < 4.78 is 10.7.